The van der Waals surface area contributed by atoms with E-state index in [4.69, 9.17) is 4.52 Å². The highest BCUT2D eigenvalue weighted by Crippen LogP contribution is 2.34. The van der Waals surface area contributed by atoms with E-state index in [1.165, 1.54) is 11.3 Å². The fraction of sp³-hybridized carbons (Fsp3) is 0.261. The maximum atomic E-state index is 12.9. The number of likely N-dealkylation sites (N-methyl/N-ethyl adjacent to an activating group) is 1. The van der Waals surface area contributed by atoms with E-state index in [1.54, 1.807) is 6.20 Å². The van der Waals surface area contributed by atoms with Gasteiger partial charge in [-0.3, -0.25) is 4.79 Å². The lowest BCUT2D eigenvalue weighted by Crippen LogP contribution is -2.34. The zero-order chi connectivity index (χ0) is 20.7. The number of rotatable bonds is 4. The zero-order valence-electron chi connectivity index (χ0n) is 16.9. The molecule has 6 nitrogen and oxygen atoms in total. The van der Waals surface area contributed by atoms with Gasteiger partial charge in [0.1, 0.15) is 15.6 Å². The fourth-order valence-electron chi connectivity index (χ4n) is 3.89. The van der Waals surface area contributed by atoms with Gasteiger partial charge >= 0.3 is 0 Å². The van der Waals surface area contributed by atoms with Crippen molar-refractivity contribution in [3.8, 4) is 21.8 Å². The highest BCUT2D eigenvalue weighted by Gasteiger charge is 2.29. The Bertz CT molecular complexity index is 1200. The van der Waals surface area contributed by atoms with Crippen LogP contribution in [0.2, 0.25) is 0 Å². The standard InChI is InChI=1S/C23H22N4O2S/c1-26(2)17-10-11-27(14-17)23(28)20-13-24-22(30-20)21-18-9-8-16(12-19(18)29-25-21)15-6-4-3-5-7-15/h3-9,12-13,17H,10-11,14H2,1-2H3/t17-/m0/s1. The smallest absolute Gasteiger partial charge is 0.265 e. The summed E-state index contributed by atoms with van der Waals surface area (Å²) >= 11 is 1.37. The number of benzene rings is 2. The third-order valence-electron chi connectivity index (χ3n) is 5.68. The van der Waals surface area contributed by atoms with Crippen molar-refractivity contribution >= 4 is 28.2 Å². The van der Waals surface area contributed by atoms with Gasteiger partial charge in [0.05, 0.1) is 11.6 Å². The van der Waals surface area contributed by atoms with E-state index >= 15 is 0 Å². The van der Waals surface area contributed by atoms with Crippen LogP contribution < -0.4 is 0 Å². The number of carbonyl (C=O) groups excluding carboxylic acids is 1. The lowest BCUT2D eigenvalue weighted by atomic mass is 10.0. The monoisotopic (exact) mass is 418 g/mol. The Labute approximate surface area is 178 Å². The first kappa shape index (κ1) is 19.0. The van der Waals surface area contributed by atoms with Crippen LogP contribution in [0.15, 0.2) is 59.3 Å². The Morgan fingerprint density at radius 3 is 2.77 bits per heavy atom. The number of thiazole rings is 1. The lowest BCUT2D eigenvalue weighted by Gasteiger charge is -2.19. The zero-order valence-corrected chi connectivity index (χ0v) is 17.7. The van der Waals surface area contributed by atoms with Gasteiger partial charge in [0.15, 0.2) is 5.58 Å². The summed E-state index contributed by atoms with van der Waals surface area (Å²) in [5.41, 5.74) is 3.59. The van der Waals surface area contributed by atoms with Gasteiger partial charge in [-0.25, -0.2) is 4.98 Å². The SMILES string of the molecule is CN(C)[C@H]1CCN(C(=O)c2cnc(-c3noc4cc(-c5ccccc5)ccc34)s2)C1. The summed E-state index contributed by atoms with van der Waals surface area (Å²) in [4.78, 5) is 22.1. The molecule has 2 aromatic heterocycles. The Morgan fingerprint density at radius 2 is 2.00 bits per heavy atom. The molecule has 5 rings (SSSR count). The normalized spacial score (nSPS) is 16.6. The van der Waals surface area contributed by atoms with Gasteiger partial charge in [0.2, 0.25) is 0 Å². The topological polar surface area (TPSA) is 62.5 Å². The van der Waals surface area contributed by atoms with E-state index < -0.39 is 0 Å². The molecule has 0 bridgehead atoms. The second-order valence-corrected chi connectivity index (χ2v) is 8.83. The molecule has 1 fully saturated rings. The van der Waals surface area contributed by atoms with Crippen molar-refractivity contribution in [3.05, 3.63) is 59.6 Å². The Balaban J connectivity index is 1.40. The number of nitrogens with zero attached hydrogens (tertiary/aromatic N) is 4. The van der Waals surface area contributed by atoms with E-state index in [2.05, 4.69) is 47.3 Å². The summed E-state index contributed by atoms with van der Waals surface area (Å²) in [5.74, 6) is 0.0438. The summed E-state index contributed by atoms with van der Waals surface area (Å²) in [7, 11) is 4.12. The number of aromatic nitrogens is 2. The molecule has 3 heterocycles. The minimum absolute atomic E-state index is 0.0438. The number of fused-ring (bicyclic) bond motifs is 1. The van der Waals surface area contributed by atoms with Gasteiger partial charge in [-0.05, 0) is 43.8 Å². The molecule has 0 aliphatic carbocycles. The van der Waals surface area contributed by atoms with Gasteiger partial charge in [-0.15, -0.1) is 11.3 Å². The van der Waals surface area contributed by atoms with Gasteiger partial charge < -0.3 is 14.3 Å². The van der Waals surface area contributed by atoms with Crippen molar-refractivity contribution in [2.75, 3.05) is 27.2 Å². The number of hydrogen-bond acceptors (Lipinski definition) is 6. The number of carbonyl (C=O) groups is 1. The van der Waals surface area contributed by atoms with Crippen LogP contribution in [-0.4, -0.2) is 59.1 Å². The van der Waals surface area contributed by atoms with Crippen LogP contribution in [0, 0.1) is 0 Å². The summed E-state index contributed by atoms with van der Waals surface area (Å²) < 4.78 is 5.59. The van der Waals surface area contributed by atoms with Crippen LogP contribution in [0.5, 0.6) is 0 Å². The molecule has 1 atom stereocenters. The van der Waals surface area contributed by atoms with Gasteiger partial charge in [0.25, 0.3) is 5.91 Å². The molecule has 1 aliphatic heterocycles. The summed E-state index contributed by atoms with van der Waals surface area (Å²) in [5, 5.41) is 5.85. The predicted molar refractivity (Wildman–Crippen MR) is 119 cm³/mol. The third kappa shape index (κ3) is 3.40. The molecule has 2 aromatic carbocycles. The number of amides is 1. The molecule has 1 saturated heterocycles. The van der Waals surface area contributed by atoms with E-state index in [-0.39, 0.29) is 5.91 Å². The molecule has 1 aliphatic rings. The lowest BCUT2D eigenvalue weighted by molar-refractivity contribution is 0.0787. The Kier molecular flexibility index (Phi) is 4.84. The van der Waals surface area contributed by atoms with E-state index in [0.717, 1.165) is 36.0 Å². The van der Waals surface area contributed by atoms with Crippen molar-refractivity contribution in [1.82, 2.24) is 19.9 Å². The molecular weight excluding hydrogens is 396 g/mol. The van der Waals surface area contributed by atoms with Crippen LogP contribution in [0.1, 0.15) is 16.1 Å². The maximum Gasteiger partial charge on any atom is 0.265 e. The molecule has 0 spiro atoms. The molecule has 30 heavy (non-hydrogen) atoms. The second kappa shape index (κ2) is 7.66. The van der Waals surface area contributed by atoms with Crippen molar-refractivity contribution < 1.29 is 9.32 Å². The summed E-state index contributed by atoms with van der Waals surface area (Å²) in [6, 6.07) is 16.6. The predicted octanol–water partition coefficient (Wildman–Crippen LogP) is 4.39. The molecule has 0 N–H and O–H groups in total. The average Bonchev–Trinajstić information content (AvgIpc) is 3.52. The van der Waals surface area contributed by atoms with Crippen molar-refractivity contribution in [3.63, 3.8) is 0 Å². The molecule has 0 radical (unpaired) electrons. The van der Waals surface area contributed by atoms with E-state index in [1.807, 2.05) is 35.2 Å². The Hall–Kier alpha value is -3.03. The maximum absolute atomic E-state index is 12.9. The highest BCUT2D eigenvalue weighted by atomic mass is 32.1. The summed E-state index contributed by atoms with van der Waals surface area (Å²) in [6.45, 7) is 1.54. The van der Waals surface area contributed by atoms with Crippen LogP contribution >= 0.6 is 11.3 Å². The second-order valence-electron chi connectivity index (χ2n) is 7.80. The quantitative estimate of drug-likeness (QED) is 0.492. The highest BCUT2D eigenvalue weighted by molar-refractivity contribution is 7.17. The first-order valence-corrected chi connectivity index (χ1v) is 10.8. The van der Waals surface area contributed by atoms with Crippen molar-refractivity contribution in [2.45, 2.75) is 12.5 Å². The van der Waals surface area contributed by atoms with Gasteiger partial charge in [0, 0.05) is 19.1 Å². The molecule has 7 heteroatoms. The molecule has 1 amide bonds. The summed E-state index contributed by atoms with van der Waals surface area (Å²) in [6.07, 6.45) is 2.66. The first-order valence-electron chi connectivity index (χ1n) is 9.97. The van der Waals surface area contributed by atoms with E-state index in [0.29, 0.717) is 27.2 Å². The van der Waals surface area contributed by atoms with Crippen molar-refractivity contribution in [1.29, 1.82) is 0 Å². The minimum atomic E-state index is 0.0438. The van der Waals surface area contributed by atoms with Gasteiger partial charge in [-0.1, -0.05) is 41.6 Å². The van der Waals surface area contributed by atoms with Crippen LogP contribution in [0.3, 0.4) is 0 Å². The Morgan fingerprint density at radius 1 is 1.17 bits per heavy atom. The fourth-order valence-corrected chi connectivity index (χ4v) is 4.77. The van der Waals surface area contributed by atoms with Crippen molar-refractivity contribution in [2.24, 2.45) is 0 Å². The van der Waals surface area contributed by atoms with Crippen LogP contribution in [0.4, 0.5) is 0 Å². The molecule has 0 saturated carbocycles. The van der Waals surface area contributed by atoms with E-state index in [9.17, 15) is 4.79 Å². The molecule has 0 unspecified atom stereocenters. The van der Waals surface area contributed by atoms with Crippen LogP contribution in [0.25, 0.3) is 32.8 Å². The molecule has 4 aromatic rings. The van der Waals surface area contributed by atoms with Gasteiger partial charge in [-0.2, -0.15) is 0 Å². The average molecular weight is 419 g/mol. The number of hydrogen-bond donors (Lipinski definition) is 0. The molecule has 152 valence electrons. The largest absolute Gasteiger partial charge is 0.356 e. The number of likely N-dealkylation sites (tertiary alicyclic amines) is 1. The minimum Gasteiger partial charge on any atom is -0.356 e. The molecular formula is C23H22N4O2S. The van der Waals surface area contributed by atoms with Crippen LogP contribution in [-0.2, 0) is 0 Å². The third-order valence-corrected chi connectivity index (χ3v) is 6.67. The first-order chi connectivity index (χ1) is 14.6.